The van der Waals surface area contributed by atoms with Crippen molar-refractivity contribution in [1.82, 2.24) is 25.4 Å². The molecular formula is C24H31IN6O2. The van der Waals surface area contributed by atoms with E-state index < -0.39 is 0 Å². The van der Waals surface area contributed by atoms with Gasteiger partial charge in [0.15, 0.2) is 11.8 Å². The van der Waals surface area contributed by atoms with E-state index in [-0.39, 0.29) is 30.1 Å². The highest BCUT2D eigenvalue weighted by molar-refractivity contribution is 14.0. The Morgan fingerprint density at radius 3 is 2.88 bits per heavy atom. The molecule has 9 heteroatoms. The molecule has 4 rings (SSSR count). The van der Waals surface area contributed by atoms with Crippen LogP contribution in [0.5, 0.6) is 11.5 Å². The van der Waals surface area contributed by atoms with Crippen LogP contribution in [0, 0.1) is 0 Å². The maximum atomic E-state index is 5.94. The van der Waals surface area contributed by atoms with Gasteiger partial charge >= 0.3 is 0 Å². The van der Waals surface area contributed by atoms with Crippen molar-refractivity contribution in [3.63, 3.8) is 0 Å². The molecule has 1 aliphatic heterocycles. The van der Waals surface area contributed by atoms with Gasteiger partial charge in [-0.3, -0.25) is 0 Å². The first-order valence-corrected chi connectivity index (χ1v) is 11.1. The van der Waals surface area contributed by atoms with Crippen LogP contribution in [0.1, 0.15) is 37.5 Å². The largest absolute Gasteiger partial charge is 0.494 e. The molecule has 0 spiro atoms. The van der Waals surface area contributed by atoms with Crippen LogP contribution in [0.2, 0.25) is 0 Å². The molecule has 0 amide bonds. The number of ether oxygens (including phenoxy) is 2. The van der Waals surface area contributed by atoms with E-state index in [2.05, 4.69) is 46.7 Å². The van der Waals surface area contributed by atoms with Gasteiger partial charge in [-0.25, -0.2) is 14.7 Å². The van der Waals surface area contributed by atoms with E-state index in [1.54, 1.807) is 17.1 Å². The average Bonchev–Trinajstić information content (AvgIpc) is 3.45. The van der Waals surface area contributed by atoms with E-state index in [0.29, 0.717) is 19.7 Å². The van der Waals surface area contributed by atoms with Crippen molar-refractivity contribution in [3.8, 4) is 17.3 Å². The van der Waals surface area contributed by atoms with Crippen LogP contribution in [-0.4, -0.2) is 40.0 Å². The Balaban J connectivity index is 0.00000306. The van der Waals surface area contributed by atoms with Crippen LogP contribution in [0.25, 0.3) is 5.82 Å². The lowest BCUT2D eigenvalue weighted by Gasteiger charge is -2.15. The van der Waals surface area contributed by atoms with Gasteiger partial charge in [0, 0.05) is 49.2 Å². The molecule has 3 aromatic rings. The monoisotopic (exact) mass is 562 g/mol. The van der Waals surface area contributed by atoms with Gasteiger partial charge in [-0.05, 0) is 56.7 Å². The zero-order chi connectivity index (χ0) is 22.3. The summed E-state index contributed by atoms with van der Waals surface area (Å²) in [5.41, 5.74) is 3.31. The minimum atomic E-state index is 0. The molecule has 8 nitrogen and oxygen atoms in total. The third-order valence-electron chi connectivity index (χ3n) is 5.14. The van der Waals surface area contributed by atoms with Gasteiger partial charge in [0.1, 0.15) is 17.6 Å². The number of rotatable bonds is 8. The van der Waals surface area contributed by atoms with Crippen molar-refractivity contribution in [2.75, 3.05) is 13.2 Å². The van der Waals surface area contributed by atoms with Gasteiger partial charge in [-0.1, -0.05) is 0 Å². The molecule has 0 bridgehead atoms. The molecule has 0 saturated carbocycles. The number of hydrogen-bond acceptors (Lipinski definition) is 5. The van der Waals surface area contributed by atoms with E-state index in [1.807, 2.05) is 31.3 Å². The number of nitrogens with one attached hydrogen (secondary N) is 2. The second-order valence-corrected chi connectivity index (χ2v) is 7.65. The maximum Gasteiger partial charge on any atom is 0.191 e. The fourth-order valence-electron chi connectivity index (χ4n) is 3.69. The summed E-state index contributed by atoms with van der Waals surface area (Å²) in [7, 11) is 0. The number of guanidine groups is 1. The Morgan fingerprint density at radius 1 is 1.24 bits per heavy atom. The van der Waals surface area contributed by atoms with Gasteiger partial charge in [0.25, 0.3) is 0 Å². The molecule has 176 valence electrons. The fraction of sp³-hybridized carbons (Fsp3) is 0.375. The smallest absolute Gasteiger partial charge is 0.191 e. The van der Waals surface area contributed by atoms with Gasteiger partial charge in [0.2, 0.25) is 0 Å². The number of aromatic nitrogens is 3. The number of aliphatic imine (C=N–C) groups is 1. The predicted molar refractivity (Wildman–Crippen MR) is 140 cm³/mol. The van der Waals surface area contributed by atoms with Crippen molar-refractivity contribution in [2.24, 2.45) is 4.99 Å². The fourth-order valence-corrected chi connectivity index (χ4v) is 3.69. The van der Waals surface area contributed by atoms with Crippen molar-refractivity contribution in [1.29, 1.82) is 0 Å². The SMILES string of the molecule is CCNC(=NCc1ccnc(-n2cccn2)c1)NCc1cc2c(cc1OCC)CC(C)O2.I. The molecule has 1 atom stereocenters. The average molecular weight is 562 g/mol. The summed E-state index contributed by atoms with van der Waals surface area (Å²) >= 11 is 0. The summed E-state index contributed by atoms with van der Waals surface area (Å²) in [5.74, 6) is 3.35. The van der Waals surface area contributed by atoms with Crippen molar-refractivity contribution in [2.45, 2.75) is 46.4 Å². The Labute approximate surface area is 211 Å². The molecule has 0 fully saturated rings. The normalized spacial score (nSPS) is 14.8. The highest BCUT2D eigenvalue weighted by atomic mass is 127. The number of benzene rings is 1. The van der Waals surface area contributed by atoms with Crippen LogP contribution < -0.4 is 20.1 Å². The molecule has 0 aliphatic carbocycles. The highest BCUT2D eigenvalue weighted by Gasteiger charge is 2.22. The molecule has 2 aromatic heterocycles. The maximum absolute atomic E-state index is 5.94. The Kier molecular flexibility index (Phi) is 8.93. The number of fused-ring (bicyclic) bond motifs is 1. The Hall–Kier alpha value is -2.82. The van der Waals surface area contributed by atoms with E-state index in [4.69, 9.17) is 14.5 Å². The second-order valence-electron chi connectivity index (χ2n) is 7.65. The van der Waals surface area contributed by atoms with Gasteiger partial charge in [-0.2, -0.15) is 5.10 Å². The first kappa shape index (κ1) is 24.8. The van der Waals surface area contributed by atoms with Crippen LogP contribution in [0.4, 0.5) is 0 Å². The lowest BCUT2D eigenvalue weighted by atomic mass is 10.1. The van der Waals surface area contributed by atoms with Crippen molar-refractivity contribution >= 4 is 29.9 Å². The quantitative estimate of drug-likeness (QED) is 0.247. The predicted octanol–water partition coefficient (Wildman–Crippen LogP) is 3.86. The molecule has 2 N–H and O–H groups in total. The van der Waals surface area contributed by atoms with Gasteiger partial charge in [0.05, 0.1) is 13.2 Å². The third-order valence-corrected chi connectivity index (χ3v) is 5.14. The van der Waals surface area contributed by atoms with Gasteiger partial charge < -0.3 is 20.1 Å². The lowest BCUT2D eigenvalue weighted by Crippen LogP contribution is -2.36. The zero-order valence-corrected chi connectivity index (χ0v) is 21.6. The third kappa shape index (κ3) is 6.37. The van der Waals surface area contributed by atoms with E-state index in [1.165, 1.54) is 5.56 Å². The summed E-state index contributed by atoms with van der Waals surface area (Å²) in [6.07, 6.45) is 6.51. The molecule has 3 heterocycles. The minimum absolute atomic E-state index is 0. The van der Waals surface area contributed by atoms with Crippen LogP contribution in [0.15, 0.2) is 53.9 Å². The molecular weight excluding hydrogens is 531 g/mol. The molecule has 1 unspecified atom stereocenters. The summed E-state index contributed by atoms with van der Waals surface area (Å²) in [4.78, 5) is 9.12. The lowest BCUT2D eigenvalue weighted by molar-refractivity contribution is 0.254. The number of nitrogens with zero attached hydrogens (tertiary/aromatic N) is 4. The first-order chi connectivity index (χ1) is 15.7. The van der Waals surface area contributed by atoms with Crippen LogP contribution in [-0.2, 0) is 19.5 Å². The number of hydrogen-bond donors (Lipinski definition) is 2. The second kappa shape index (κ2) is 11.9. The summed E-state index contributed by atoms with van der Waals surface area (Å²) in [6.45, 7) is 8.64. The summed E-state index contributed by atoms with van der Waals surface area (Å²) in [5, 5.41) is 11.0. The van der Waals surface area contributed by atoms with Crippen molar-refractivity contribution < 1.29 is 9.47 Å². The number of halogens is 1. The Bertz CT molecular complexity index is 1070. The van der Waals surface area contributed by atoms with Crippen LogP contribution >= 0.6 is 24.0 Å². The molecule has 1 aromatic carbocycles. The molecule has 1 aliphatic rings. The first-order valence-electron chi connectivity index (χ1n) is 11.1. The van der Waals surface area contributed by atoms with E-state index in [0.717, 1.165) is 47.4 Å². The van der Waals surface area contributed by atoms with Crippen LogP contribution in [0.3, 0.4) is 0 Å². The standard InChI is InChI=1S/C24H30N6O2.HI/c1-4-25-24(27-15-18-7-9-26-23(12-18)30-10-6-8-29-30)28-16-20-14-22-19(11-17(3)32-22)13-21(20)31-5-2;/h6-10,12-14,17H,4-5,11,15-16H2,1-3H3,(H2,25,27,28);1H. The van der Waals surface area contributed by atoms with E-state index in [9.17, 15) is 0 Å². The molecule has 33 heavy (non-hydrogen) atoms. The van der Waals surface area contributed by atoms with Crippen molar-refractivity contribution in [3.05, 3.63) is 65.6 Å². The number of pyridine rings is 1. The Morgan fingerprint density at radius 2 is 2.12 bits per heavy atom. The summed E-state index contributed by atoms with van der Waals surface area (Å²) < 4.78 is 13.6. The molecule has 0 saturated heterocycles. The summed E-state index contributed by atoms with van der Waals surface area (Å²) in [6, 6.07) is 10.0. The zero-order valence-electron chi connectivity index (χ0n) is 19.2. The topological polar surface area (TPSA) is 85.6 Å². The van der Waals surface area contributed by atoms with Gasteiger partial charge in [-0.15, -0.1) is 24.0 Å². The van der Waals surface area contributed by atoms with E-state index >= 15 is 0 Å². The molecule has 0 radical (unpaired) electrons. The highest BCUT2D eigenvalue weighted by Crippen LogP contribution is 2.35. The minimum Gasteiger partial charge on any atom is -0.494 e.